The van der Waals surface area contributed by atoms with E-state index < -0.39 is 11.2 Å². The molecule has 168 valence electrons. The van der Waals surface area contributed by atoms with E-state index in [1.807, 2.05) is 32.3 Å². The summed E-state index contributed by atoms with van der Waals surface area (Å²) >= 11 is 0. The Morgan fingerprint density at radius 2 is 2.00 bits per heavy atom. The molecule has 3 rings (SSSR count). The number of aromatic amines is 1. The fourth-order valence-corrected chi connectivity index (χ4v) is 3.65. The average molecular weight is 430 g/mol. The van der Waals surface area contributed by atoms with E-state index >= 15 is 0 Å². The van der Waals surface area contributed by atoms with Gasteiger partial charge < -0.3 is 9.88 Å². The number of nitrogens with one attached hydrogen (secondary N) is 2. The summed E-state index contributed by atoms with van der Waals surface area (Å²) < 4.78 is 4.99. The van der Waals surface area contributed by atoms with Crippen LogP contribution >= 0.6 is 0 Å². The fraction of sp³-hybridized carbons (Fsp3) is 0.571. The number of rotatable bonds is 9. The van der Waals surface area contributed by atoms with Crippen LogP contribution in [0.4, 0.5) is 5.82 Å². The second kappa shape index (κ2) is 9.32. The molecule has 0 radical (unpaired) electrons. The van der Waals surface area contributed by atoms with Crippen LogP contribution in [-0.2, 0) is 31.4 Å². The van der Waals surface area contributed by atoms with E-state index in [9.17, 15) is 14.4 Å². The van der Waals surface area contributed by atoms with Gasteiger partial charge in [0.15, 0.2) is 11.2 Å². The van der Waals surface area contributed by atoms with Gasteiger partial charge in [-0.05, 0) is 19.3 Å². The molecule has 0 saturated carbocycles. The van der Waals surface area contributed by atoms with Gasteiger partial charge in [0, 0.05) is 39.0 Å². The molecule has 31 heavy (non-hydrogen) atoms. The van der Waals surface area contributed by atoms with Gasteiger partial charge in [0.25, 0.3) is 5.56 Å². The van der Waals surface area contributed by atoms with Crippen molar-refractivity contribution in [3.63, 3.8) is 0 Å². The molecule has 0 aliphatic rings. The molecule has 0 atom stereocenters. The molecule has 0 aliphatic heterocycles. The van der Waals surface area contributed by atoms with Crippen LogP contribution in [-0.4, -0.2) is 34.8 Å². The van der Waals surface area contributed by atoms with Crippen LogP contribution < -0.4 is 16.6 Å². The van der Waals surface area contributed by atoms with Crippen LogP contribution in [0.2, 0.25) is 0 Å². The van der Waals surface area contributed by atoms with Gasteiger partial charge in [-0.15, -0.1) is 0 Å². The highest BCUT2D eigenvalue weighted by molar-refractivity contribution is 5.90. The third-order valence-corrected chi connectivity index (χ3v) is 5.09. The Bertz CT molecular complexity index is 1200. The Balaban J connectivity index is 1.93. The maximum absolute atomic E-state index is 12.6. The van der Waals surface area contributed by atoms with Gasteiger partial charge in [-0.3, -0.25) is 23.8 Å². The number of carbonyl (C=O) groups excluding carboxylic acids is 1. The second-order valence-corrected chi connectivity index (χ2v) is 8.31. The Morgan fingerprint density at radius 3 is 2.61 bits per heavy atom. The highest BCUT2D eigenvalue weighted by Gasteiger charge is 2.20. The van der Waals surface area contributed by atoms with Crippen molar-refractivity contribution >= 4 is 22.9 Å². The van der Waals surface area contributed by atoms with E-state index in [0.29, 0.717) is 42.3 Å². The molecule has 3 aromatic heterocycles. The number of anilines is 1. The quantitative estimate of drug-likeness (QED) is 0.539. The lowest BCUT2D eigenvalue weighted by Gasteiger charge is -2.11. The van der Waals surface area contributed by atoms with Crippen LogP contribution in [0.5, 0.6) is 0 Å². The predicted molar refractivity (Wildman–Crippen MR) is 119 cm³/mol. The number of unbranched alkanes of at least 4 members (excludes halogenated alkanes) is 1. The zero-order valence-corrected chi connectivity index (χ0v) is 18.9. The molecule has 0 unspecified atom stereocenters. The number of aryl methyl sites for hydroxylation is 4. The van der Waals surface area contributed by atoms with Crippen LogP contribution in [0.3, 0.4) is 0 Å². The van der Waals surface area contributed by atoms with Crippen molar-refractivity contribution in [3.8, 4) is 0 Å². The first-order valence-corrected chi connectivity index (χ1v) is 10.7. The van der Waals surface area contributed by atoms with Crippen molar-refractivity contribution < 1.29 is 4.79 Å². The minimum atomic E-state index is -0.448. The van der Waals surface area contributed by atoms with E-state index in [1.165, 1.54) is 4.57 Å². The van der Waals surface area contributed by atoms with E-state index in [-0.39, 0.29) is 18.2 Å². The second-order valence-electron chi connectivity index (χ2n) is 8.31. The lowest BCUT2D eigenvalue weighted by atomic mass is 10.2. The van der Waals surface area contributed by atoms with E-state index in [2.05, 4.69) is 20.4 Å². The Morgan fingerprint density at radius 1 is 1.26 bits per heavy atom. The molecule has 0 saturated heterocycles. The molecule has 1 amide bonds. The summed E-state index contributed by atoms with van der Waals surface area (Å²) in [7, 11) is 1.77. The summed E-state index contributed by atoms with van der Waals surface area (Å²) in [4.78, 5) is 44.6. The molecule has 0 bridgehead atoms. The molecule has 0 aliphatic carbocycles. The van der Waals surface area contributed by atoms with Gasteiger partial charge in [0.1, 0.15) is 11.6 Å². The number of H-pyrrole nitrogens is 1. The molecule has 10 heteroatoms. The number of imidazole rings is 1. The zero-order chi connectivity index (χ0) is 22.7. The van der Waals surface area contributed by atoms with Gasteiger partial charge in [-0.25, -0.2) is 9.78 Å². The molecule has 3 aromatic rings. The first-order chi connectivity index (χ1) is 14.7. The summed E-state index contributed by atoms with van der Waals surface area (Å²) in [6.45, 7) is 9.06. The summed E-state index contributed by atoms with van der Waals surface area (Å²) in [6.07, 6.45) is 2.27. The summed E-state index contributed by atoms with van der Waals surface area (Å²) in [5.41, 5.74) is 0.710. The summed E-state index contributed by atoms with van der Waals surface area (Å²) in [5.74, 6) is 1.35. The molecule has 0 spiro atoms. The average Bonchev–Trinajstić information content (AvgIpc) is 3.19. The minimum absolute atomic E-state index is 0.163. The first-order valence-electron chi connectivity index (χ1n) is 10.7. The number of carbonyl (C=O) groups is 1. The lowest BCUT2D eigenvalue weighted by Crippen LogP contribution is -2.31. The van der Waals surface area contributed by atoms with Crippen LogP contribution in [0.15, 0.2) is 15.7 Å². The molecule has 3 heterocycles. The molecule has 0 aromatic carbocycles. The van der Waals surface area contributed by atoms with Gasteiger partial charge in [-0.2, -0.15) is 5.10 Å². The normalized spacial score (nSPS) is 11.5. The number of nitrogens with zero attached hydrogens (tertiary/aromatic N) is 5. The first kappa shape index (κ1) is 22.5. The highest BCUT2D eigenvalue weighted by atomic mass is 16.2. The van der Waals surface area contributed by atoms with Gasteiger partial charge >= 0.3 is 5.69 Å². The van der Waals surface area contributed by atoms with Gasteiger partial charge in [-0.1, -0.05) is 27.2 Å². The van der Waals surface area contributed by atoms with Crippen molar-refractivity contribution in [2.45, 2.75) is 66.5 Å². The van der Waals surface area contributed by atoms with Gasteiger partial charge in [0.2, 0.25) is 5.91 Å². The highest BCUT2D eigenvalue weighted by Crippen LogP contribution is 2.17. The van der Waals surface area contributed by atoms with Gasteiger partial charge in [0.05, 0.1) is 5.69 Å². The van der Waals surface area contributed by atoms with E-state index in [4.69, 9.17) is 0 Å². The SMILES string of the molecule is CCCCn1c(=O)[nH]c(=O)c2c1nc(CCC(=O)Nc1cc(C)nn1C)n2CC(C)C. The standard InChI is InChI=1S/C21H31N7O3/c1-6-7-10-27-19-18(20(30)24-21(27)31)28(12-13(2)3)15(23-19)8-9-17(29)22-16-11-14(4)25-26(16)5/h11,13H,6-10,12H2,1-5H3,(H,22,29)(H,24,30,31). The Hall–Kier alpha value is -3.17. The van der Waals surface area contributed by atoms with Crippen LogP contribution in [0.25, 0.3) is 11.2 Å². The number of aromatic nitrogens is 6. The monoisotopic (exact) mass is 429 g/mol. The van der Waals surface area contributed by atoms with Crippen molar-refractivity contribution in [2.24, 2.45) is 13.0 Å². The topological polar surface area (TPSA) is 120 Å². The van der Waals surface area contributed by atoms with Crippen molar-refractivity contribution in [3.05, 3.63) is 38.4 Å². The number of hydrogen-bond donors (Lipinski definition) is 2. The fourth-order valence-electron chi connectivity index (χ4n) is 3.65. The summed E-state index contributed by atoms with van der Waals surface area (Å²) in [6, 6.07) is 1.80. The molecular formula is C21H31N7O3. The minimum Gasteiger partial charge on any atom is -0.322 e. The largest absolute Gasteiger partial charge is 0.330 e. The number of hydrogen-bond acceptors (Lipinski definition) is 5. The zero-order valence-electron chi connectivity index (χ0n) is 18.9. The van der Waals surface area contributed by atoms with Crippen molar-refractivity contribution in [2.75, 3.05) is 5.32 Å². The maximum atomic E-state index is 12.6. The Labute approximate surface area is 180 Å². The predicted octanol–water partition coefficient (Wildman–Crippen LogP) is 1.96. The third-order valence-electron chi connectivity index (χ3n) is 5.09. The smallest absolute Gasteiger partial charge is 0.322 e. The molecule has 0 fully saturated rings. The Kier molecular flexibility index (Phi) is 6.77. The lowest BCUT2D eigenvalue weighted by molar-refractivity contribution is -0.116. The number of amides is 1. The number of fused-ring (bicyclic) bond motifs is 1. The van der Waals surface area contributed by atoms with E-state index in [1.54, 1.807) is 17.8 Å². The summed E-state index contributed by atoms with van der Waals surface area (Å²) in [5, 5.41) is 7.08. The maximum Gasteiger partial charge on any atom is 0.330 e. The van der Waals surface area contributed by atoms with Crippen LogP contribution in [0.1, 0.15) is 51.6 Å². The molecule has 2 N–H and O–H groups in total. The van der Waals surface area contributed by atoms with Crippen molar-refractivity contribution in [1.29, 1.82) is 0 Å². The molecule has 10 nitrogen and oxygen atoms in total. The molecular weight excluding hydrogens is 398 g/mol. The van der Waals surface area contributed by atoms with Crippen molar-refractivity contribution in [1.82, 2.24) is 28.9 Å². The third kappa shape index (κ3) is 4.95. The van der Waals surface area contributed by atoms with Crippen LogP contribution in [0, 0.1) is 12.8 Å². The van der Waals surface area contributed by atoms with E-state index in [0.717, 1.165) is 18.5 Å².